The summed E-state index contributed by atoms with van der Waals surface area (Å²) in [6.45, 7) is 3.42. The standard InChI is InChI=1S/C15H20N4O2S/c1-3-19-14(11-6-7-11)16-17-15(19)22-10-13(20)18(2)9-12-5-4-8-21-12/h4-5,8,11H,3,6-7,9-10H2,1-2H3. The van der Waals surface area contributed by atoms with Gasteiger partial charge in [0.2, 0.25) is 5.91 Å². The number of rotatable bonds is 7. The topological polar surface area (TPSA) is 64.2 Å². The van der Waals surface area contributed by atoms with Gasteiger partial charge in [0.25, 0.3) is 0 Å². The summed E-state index contributed by atoms with van der Waals surface area (Å²) >= 11 is 1.45. The van der Waals surface area contributed by atoms with E-state index in [0.717, 1.165) is 23.3 Å². The van der Waals surface area contributed by atoms with Crippen LogP contribution < -0.4 is 0 Å². The summed E-state index contributed by atoms with van der Waals surface area (Å²) in [5.74, 6) is 2.84. The van der Waals surface area contributed by atoms with Gasteiger partial charge in [-0.05, 0) is 31.9 Å². The fourth-order valence-corrected chi connectivity index (χ4v) is 3.26. The van der Waals surface area contributed by atoms with E-state index in [4.69, 9.17) is 4.42 Å². The number of hydrogen-bond acceptors (Lipinski definition) is 5. The van der Waals surface area contributed by atoms with Crippen LogP contribution in [0.5, 0.6) is 0 Å². The molecule has 3 rings (SSSR count). The molecule has 1 fully saturated rings. The molecular formula is C15H20N4O2S. The van der Waals surface area contributed by atoms with Gasteiger partial charge in [-0.15, -0.1) is 10.2 Å². The van der Waals surface area contributed by atoms with Gasteiger partial charge >= 0.3 is 0 Å². The van der Waals surface area contributed by atoms with Crippen LogP contribution in [0.2, 0.25) is 0 Å². The monoisotopic (exact) mass is 320 g/mol. The van der Waals surface area contributed by atoms with Crippen LogP contribution in [-0.2, 0) is 17.9 Å². The fourth-order valence-electron chi connectivity index (χ4n) is 2.31. The van der Waals surface area contributed by atoms with Crippen molar-refractivity contribution in [2.45, 2.75) is 43.9 Å². The zero-order chi connectivity index (χ0) is 15.5. The highest BCUT2D eigenvalue weighted by molar-refractivity contribution is 7.99. The van der Waals surface area contributed by atoms with Crippen LogP contribution in [-0.4, -0.2) is 38.4 Å². The van der Waals surface area contributed by atoms with Gasteiger partial charge in [0.15, 0.2) is 5.16 Å². The Morgan fingerprint density at radius 3 is 2.95 bits per heavy atom. The van der Waals surface area contributed by atoms with Crippen molar-refractivity contribution >= 4 is 17.7 Å². The third kappa shape index (κ3) is 3.35. The number of furan rings is 1. The molecule has 0 unspecified atom stereocenters. The highest BCUT2D eigenvalue weighted by Crippen LogP contribution is 2.39. The van der Waals surface area contributed by atoms with E-state index in [1.165, 1.54) is 24.6 Å². The summed E-state index contributed by atoms with van der Waals surface area (Å²) in [7, 11) is 1.78. The van der Waals surface area contributed by atoms with Crippen molar-refractivity contribution in [2.75, 3.05) is 12.8 Å². The number of nitrogens with zero attached hydrogens (tertiary/aromatic N) is 4. The fraction of sp³-hybridized carbons (Fsp3) is 0.533. The summed E-state index contributed by atoms with van der Waals surface area (Å²) in [6.07, 6.45) is 4.02. The first-order chi connectivity index (χ1) is 10.7. The first kappa shape index (κ1) is 15.1. The summed E-state index contributed by atoms with van der Waals surface area (Å²) < 4.78 is 7.39. The lowest BCUT2D eigenvalue weighted by molar-refractivity contribution is -0.127. The Balaban J connectivity index is 1.56. The zero-order valence-corrected chi connectivity index (χ0v) is 13.7. The van der Waals surface area contributed by atoms with Crippen molar-refractivity contribution in [1.29, 1.82) is 0 Å². The summed E-state index contributed by atoms with van der Waals surface area (Å²) in [5, 5.41) is 9.36. The van der Waals surface area contributed by atoms with Crippen molar-refractivity contribution in [3.05, 3.63) is 30.0 Å². The van der Waals surface area contributed by atoms with Crippen LogP contribution in [0, 0.1) is 0 Å². The van der Waals surface area contributed by atoms with Crippen LogP contribution in [0.15, 0.2) is 28.0 Å². The first-order valence-electron chi connectivity index (χ1n) is 7.51. The molecule has 0 aromatic carbocycles. The molecule has 2 heterocycles. The van der Waals surface area contributed by atoms with Gasteiger partial charge < -0.3 is 13.9 Å². The molecule has 118 valence electrons. The van der Waals surface area contributed by atoms with E-state index in [-0.39, 0.29) is 5.91 Å². The molecular weight excluding hydrogens is 300 g/mol. The van der Waals surface area contributed by atoms with Crippen LogP contribution >= 0.6 is 11.8 Å². The average molecular weight is 320 g/mol. The van der Waals surface area contributed by atoms with Gasteiger partial charge in [0.1, 0.15) is 11.6 Å². The quantitative estimate of drug-likeness (QED) is 0.734. The Hall–Kier alpha value is -1.76. The lowest BCUT2D eigenvalue weighted by Gasteiger charge is -2.15. The van der Waals surface area contributed by atoms with Crippen molar-refractivity contribution in [2.24, 2.45) is 0 Å². The third-order valence-corrected chi connectivity index (χ3v) is 4.68. The maximum absolute atomic E-state index is 12.2. The molecule has 0 radical (unpaired) electrons. The molecule has 1 aliphatic rings. The Labute approximate surface area is 133 Å². The van der Waals surface area contributed by atoms with Crippen molar-refractivity contribution in [3.8, 4) is 0 Å². The maximum Gasteiger partial charge on any atom is 0.233 e. The third-order valence-electron chi connectivity index (χ3n) is 3.73. The molecule has 2 aromatic heterocycles. The SMILES string of the molecule is CCn1c(SCC(=O)N(C)Cc2ccco2)nnc1C1CC1. The molecule has 2 aromatic rings. The van der Waals surface area contributed by atoms with E-state index in [1.54, 1.807) is 18.2 Å². The van der Waals surface area contributed by atoms with Crippen LogP contribution in [0.1, 0.15) is 37.3 Å². The molecule has 0 N–H and O–H groups in total. The van der Waals surface area contributed by atoms with E-state index >= 15 is 0 Å². The Kier molecular flexibility index (Phi) is 4.52. The molecule has 22 heavy (non-hydrogen) atoms. The Morgan fingerprint density at radius 2 is 2.32 bits per heavy atom. The zero-order valence-electron chi connectivity index (χ0n) is 12.9. The molecule has 1 amide bonds. The largest absolute Gasteiger partial charge is 0.467 e. The van der Waals surface area contributed by atoms with Crippen molar-refractivity contribution < 1.29 is 9.21 Å². The molecule has 0 atom stereocenters. The van der Waals surface area contributed by atoms with Gasteiger partial charge in [-0.1, -0.05) is 11.8 Å². The molecule has 0 aliphatic heterocycles. The normalized spacial score (nSPS) is 14.3. The molecule has 6 nitrogen and oxygen atoms in total. The minimum absolute atomic E-state index is 0.0556. The van der Waals surface area contributed by atoms with Gasteiger partial charge in [-0.25, -0.2) is 0 Å². The molecule has 1 aliphatic carbocycles. The van der Waals surface area contributed by atoms with Crippen LogP contribution in [0.4, 0.5) is 0 Å². The van der Waals surface area contributed by atoms with Gasteiger partial charge in [0, 0.05) is 19.5 Å². The molecule has 1 saturated carbocycles. The summed E-state index contributed by atoms with van der Waals surface area (Å²) in [4.78, 5) is 13.9. The van der Waals surface area contributed by atoms with E-state index in [9.17, 15) is 4.79 Å². The van der Waals surface area contributed by atoms with E-state index in [0.29, 0.717) is 18.2 Å². The summed E-state index contributed by atoms with van der Waals surface area (Å²) in [6, 6.07) is 3.69. The van der Waals surface area contributed by atoms with Crippen molar-refractivity contribution in [1.82, 2.24) is 19.7 Å². The number of thioether (sulfide) groups is 1. The average Bonchev–Trinajstić information content (AvgIpc) is 3.08. The van der Waals surface area contributed by atoms with Crippen LogP contribution in [0.3, 0.4) is 0 Å². The van der Waals surface area contributed by atoms with E-state index < -0.39 is 0 Å². The summed E-state index contributed by atoms with van der Waals surface area (Å²) in [5.41, 5.74) is 0. The van der Waals surface area contributed by atoms with E-state index in [1.807, 2.05) is 12.1 Å². The molecule has 7 heteroatoms. The number of carbonyl (C=O) groups excluding carboxylic acids is 1. The minimum atomic E-state index is 0.0556. The first-order valence-corrected chi connectivity index (χ1v) is 8.49. The maximum atomic E-state index is 12.2. The Morgan fingerprint density at radius 1 is 1.50 bits per heavy atom. The predicted octanol–water partition coefficient (Wildman–Crippen LogP) is 2.52. The van der Waals surface area contributed by atoms with Gasteiger partial charge in [-0.3, -0.25) is 4.79 Å². The second-order valence-electron chi connectivity index (χ2n) is 5.48. The van der Waals surface area contributed by atoms with Crippen molar-refractivity contribution in [3.63, 3.8) is 0 Å². The molecule has 0 saturated heterocycles. The second-order valence-corrected chi connectivity index (χ2v) is 6.42. The lowest BCUT2D eigenvalue weighted by Crippen LogP contribution is -2.27. The number of aromatic nitrogens is 3. The van der Waals surface area contributed by atoms with Crippen LogP contribution in [0.25, 0.3) is 0 Å². The second kappa shape index (κ2) is 6.56. The number of carbonyl (C=O) groups is 1. The highest BCUT2D eigenvalue weighted by atomic mass is 32.2. The molecule has 0 bridgehead atoms. The highest BCUT2D eigenvalue weighted by Gasteiger charge is 2.30. The molecule has 0 spiro atoms. The van der Waals surface area contributed by atoms with E-state index in [2.05, 4.69) is 21.7 Å². The smallest absolute Gasteiger partial charge is 0.233 e. The number of amides is 1. The predicted molar refractivity (Wildman–Crippen MR) is 83.6 cm³/mol. The number of hydrogen-bond donors (Lipinski definition) is 0. The van der Waals surface area contributed by atoms with Gasteiger partial charge in [0.05, 0.1) is 18.6 Å². The lowest BCUT2D eigenvalue weighted by atomic mass is 10.4. The Bertz CT molecular complexity index is 634. The minimum Gasteiger partial charge on any atom is -0.467 e. The van der Waals surface area contributed by atoms with Gasteiger partial charge in [-0.2, -0.15) is 0 Å².